The van der Waals surface area contributed by atoms with E-state index in [2.05, 4.69) is 39.3 Å². The number of carbonyl (C=O) groups excluding carboxylic acids is 2. The molecule has 8 nitrogen and oxygen atoms in total. The van der Waals surface area contributed by atoms with E-state index in [0.717, 1.165) is 24.0 Å². The standard InChI is InChI=1S/C28H30ClN5O3/c1-20(35)33-12-14-34(15-13-33)28(36)26-19-37-27(31-26)18-32(17-21-6-8-23(29)9-7-21)11-10-22-16-30-25-5-3-2-4-24(22)25/h2-9,16,19,30H,10-15,17-18H2,1H3. The van der Waals surface area contributed by atoms with E-state index in [4.69, 9.17) is 16.0 Å². The minimum absolute atomic E-state index is 0.0317. The molecular weight excluding hydrogens is 490 g/mol. The number of amides is 2. The molecule has 2 aromatic heterocycles. The van der Waals surface area contributed by atoms with Crippen LogP contribution in [0.1, 0.15) is 34.4 Å². The molecule has 0 bridgehead atoms. The summed E-state index contributed by atoms with van der Waals surface area (Å²) in [6.07, 6.45) is 4.36. The monoisotopic (exact) mass is 519 g/mol. The first-order valence-corrected chi connectivity index (χ1v) is 12.8. The fraction of sp³-hybridized carbons (Fsp3) is 0.321. The summed E-state index contributed by atoms with van der Waals surface area (Å²) in [5, 5.41) is 1.93. The van der Waals surface area contributed by atoms with Crippen LogP contribution in [0, 0.1) is 0 Å². The van der Waals surface area contributed by atoms with Gasteiger partial charge in [0.15, 0.2) is 5.69 Å². The number of fused-ring (bicyclic) bond motifs is 1. The van der Waals surface area contributed by atoms with Crippen LogP contribution in [0.4, 0.5) is 0 Å². The largest absolute Gasteiger partial charge is 0.447 e. The number of nitrogens with zero attached hydrogens (tertiary/aromatic N) is 4. The van der Waals surface area contributed by atoms with Crippen molar-refractivity contribution in [3.8, 4) is 0 Å². The van der Waals surface area contributed by atoms with Crippen molar-refractivity contribution in [1.29, 1.82) is 0 Å². The molecule has 0 radical (unpaired) electrons. The lowest BCUT2D eigenvalue weighted by atomic mass is 10.1. The van der Waals surface area contributed by atoms with Gasteiger partial charge < -0.3 is 19.2 Å². The summed E-state index contributed by atoms with van der Waals surface area (Å²) < 4.78 is 5.74. The fourth-order valence-electron chi connectivity index (χ4n) is 4.74. The van der Waals surface area contributed by atoms with Gasteiger partial charge in [-0.1, -0.05) is 41.9 Å². The van der Waals surface area contributed by atoms with Crippen LogP contribution in [0.3, 0.4) is 0 Å². The Morgan fingerprint density at radius 2 is 1.76 bits per heavy atom. The first kappa shape index (κ1) is 25.0. The average molecular weight is 520 g/mol. The lowest BCUT2D eigenvalue weighted by Gasteiger charge is -2.33. The lowest BCUT2D eigenvalue weighted by molar-refractivity contribution is -0.130. The van der Waals surface area contributed by atoms with Gasteiger partial charge in [0, 0.05) is 68.3 Å². The summed E-state index contributed by atoms with van der Waals surface area (Å²) in [6, 6.07) is 16.1. The van der Waals surface area contributed by atoms with E-state index >= 15 is 0 Å². The topological polar surface area (TPSA) is 85.7 Å². The highest BCUT2D eigenvalue weighted by Gasteiger charge is 2.25. The van der Waals surface area contributed by atoms with Crippen molar-refractivity contribution in [2.45, 2.75) is 26.4 Å². The number of para-hydroxylation sites is 1. The first-order chi connectivity index (χ1) is 18.0. The molecule has 3 heterocycles. The number of hydrogen-bond acceptors (Lipinski definition) is 5. The van der Waals surface area contributed by atoms with Crippen molar-refractivity contribution < 1.29 is 14.0 Å². The van der Waals surface area contributed by atoms with Gasteiger partial charge in [0.1, 0.15) is 6.26 Å². The SMILES string of the molecule is CC(=O)N1CCN(C(=O)c2coc(CN(CCc3c[nH]c4ccccc34)Cc3ccc(Cl)cc3)n2)CC1. The van der Waals surface area contributed by atoms with E-state index in [1.165, 1.54) is 17.2 Å². The van der Waals surface area contributed by atoms with Crippen LogP contribution in [0.25, 0.3) is 10.9 Å². The summed E-state index contributed by atoms with van der Waals surface area (Å²) in [6.45, 7) is 5.55. The van der Waals surface area contributed by atoms with Gasteiger partial charge in [-0.3, -0.25) is 14.5 Å². The number of H-pyrrole nitrogens is 1. The highest BCUT2D eigenvalue weighted by molar-refractivity contribution is 6.30. The molecule has 192 valence electrons. The summed E-state index contributed by atoms with van der Waals surface area (Å²) in [7, 11) is 0. The second kappa shape index (κ2) is 11.2. The molecule has 2 aromatic carbocycles. The molecule has 0 atom stereocenters. The van der Waals surface area contributed by atoms with Gasteiger partial charge in [0.2, 0.25) is 11.8 Å². The molecule has 1 saturated heterocycles. The quantitative estimate of drug-likeness (QED) is 0.374. The van der Waals surface area contributed by atoms with E-state index in [-0.39, 0.29) is 11.8 Å². The number of hydrogen-bond donors (Lipinski definition) is 1. The molecule has 0 unspecified atom stereocenters. The van der Waals surface area contributed by atoms with Gasteiger partial charge in [-0.15, -0.1) is 0 Å². The molecule has 0 spiro atoms. The maximum Gasteiger partial charge on any atom is 0.275 e. The van der Waals surface area contributed by atoms with E-state index in [1.54, 1.807) is 16.7 Å². The second-order valence-electron chi connectivity index (χ2n) is 9.37. The molecule has 1 aliphatic rings. The third kappa shape index (κ3) is 6.03. The van der Waals surface area contributed by atoms with Crippen LogP contribution in [0.15, 0.2) is 65.4 Å². The van der Waals surface area contributed by atoms with Crippen molar-refractivity contribution in [2.24, 2.45) is 0 Å². The maximum atomic E-state index is 13.0. The Morgan fingerprint density at radius 1 is 1.03 bits per heavy atom. The molecule has 4 aromatic rings. The fourth-order valence-corrected chi connectivity index (χ4v) is 4.86. The van der Waals surface area contributed by atoms with Crippen molar-refractivity contribution in [3.63, 3.8) is 0 Å². The van der Waals surface area contributed by atoms with Crippen LogP contribution in [-0.2, 0) is 24.3 Å². The highest BCUT2D eigenvalue weighted by atomic mass is 35.5. The van der Waals surface area contributed by atoms with Crippen LogP contribution in [0.2, 0.25) is 5.02 Å². The summed E-state index contributed by atoms with van der Waals surface area (Å²) >= 11 is 6.08. The molecule has 1 aliphatic heterocycles. The predicted molar refractivity (Wildman–Crippen MR) is 142 cm³/mol. The number of halogens is 1. The number of nitrogens with one attached hydrogen (secondary N) is 1. The molecule has 0 aliphatic carbocycles. The van der Waals surface area contributed by atoms with Crippen molar-refractivity contribution in [3.05, 3.63) is 88.7 Å². The van der Waals surface area contributed by atoms with Crippen molar-refractivity contribution in [1.82, 2.24) is 24.7 Å². The number of aromatic nitrogens is 2. The molecule has 0 saturated carbocycles. The Labute approximate surface area is 220 Å². The zero-order valence-corrected chi connectivity index (χ0v) is 21.6. The van der Waals surface area contributed by atoms with Gasteiger partial charge in [-0.25, -0.2) is 4.98 Å². The maximum absolute atomic E-state index is 13.0. The van der Waals surface area contributed by atoms with Gasteiger partial charge in [0.25, 0.3) is 5.91 Å². The minimum Gasteiger partial charge on any atom is -0.447 e. The van der Waals surface area contributed by atoms with E-state index in [1.807, 2.05) is 30.3 Å². The van der Waals surface area contributed by atoms with Crippen LogP contribution >= 0.6 is 11.6 Å². The Hall–Kier alpha value is -3.62. The normalized spacial score (nSPS) is 14.0. The molecule has 37 heavy (non-hydrogen) atoms. The molecule has 5 rings (SSSR count). The predicted octanol–water partition coefficient (Wildman–Crippen LogP) is 4.36. The molecule has 9 heteroatoms. The number of aromatic amines is 1. The molecule has 1 N–H and O–H groups in total. The van der Waals surface area contributed by atoms with Crippen LogP contribution in [-0.4, -0.2) is 69.2 Å². The lowest BCUT2D eigenvalue weighted by Crippen LogP contribution is -2.50. The number of carbonyl (C=O) groups is 2. The van der Waals surface area contributed by atoms with E-state index in [9.17, 15) is 9.59 Å². The second-order valence-corrected chi connectivity index (χ2v) is 9.81. The van der Waals surface area contributed by atoms with E-state index < -0.39 is 0 Å². The average Bonchev–Trinajstić information content (AvgIpc) is 3.55. The Kier molecular flexibility index (Phi) is 7.58. The zero-order chi connectivity index (χ0) is 25.8. The highest BCUT2D eigenvalue weighted by Crippen LogP contribution is 2.20. The van der Waals surface area contributed by atoms with Gasteiger partial charge in [-0.05, 0) is 35.7 Å². The first-order valence-electron chi connectivity index (χ1n) is 12.5. The molecule has 1 fully saturated rings. The Bertz CT molecular complexity index is 1370. The van der Waals surface area contributed by atoms with Gasteiger partial charge in [0.05, 0.1) is 6.54 Å². The summed E-state index contributed by atoms with van der Waals surface area (Å²) in [4.78, 5) is 38.2. The van der Waals surface area contributed by atoms with Gasteiger partial charge in [-0.2, -0.15) is 0 Å². The zero-order valence-electron chi connectivity index (χ0n) is 20.8. The number of piperazine rings is 1. The summed E-state index contributed by atoms with van der Waals surface area (Å²) in [5.41, 5.74) is 3.82. The number of oxazole rings is 1. The van der Waals surface area contributed by atoms with Crippen molar-refractivity contribution in [2.75, 3.05) is 32.7 Å². The van der Waals surface area contributed by atoms with Gasteiger partial charge >= 0.3 is 0 Å². The third-order valence-corrected chi connectivity index (χ3v) is 7.09. The van der Waals surface area contributed by atoms with Crippen LogP contribution in [0.5, 0.6) is 0 Å². The Balaban J connectivity index is 1.27. The number of benzene rings is 2. The smallest absolute Gasteiger partial charge is 0.275 e. The Morgan fingerprint density at radius 3 is 2.51 bits per heavy atom. The van der Waals surface area contributed by atoms with Crippen molar-refractivity contribution >= 4 is 34.3 Å². The third-order valence-electron chi connectivity index (χ3n) is 6.83. The molecular formula is C28H30ClN5O3. The summed E-state index contributed by atoms with van der Waals surface area (Å²) in [5.74, 6) is 0.365. The van der Waals surface area contributed by atoms with Crippen LogP contribution < -0.4 is 0 Å². The molecule has 2 amide bonds. The van der Waals surface area contributed by atoms with E-state index in [0.29, 0.717) is 55.9 Å². The minimum atomic E-state index is -0.166. The number of rotatable bonds is 8.